The Balaban J connectivity index is 1.59. The van der Waals surface area contributed by atoms with Gasteiger partial charge in [0.15, 0.2) is 0 Å². The van der Waals surface area contributed by atoms with Crippen molar-refractivity contribution in [1.82, 2.24) is 5.43 Å². The molecule has 5 nitrogen and oxygen atoms in total. The molecule has 0 saturated carbocycles. The summed E-state index contributed by atoms with van der Waals surface area (Å²) in [6, 6.07) is 16.9. The minimum absolute atomic E-state index is 0.0987. The normalized spacial score (nSPS) is 14.6. The van der Waals surface area contributed by atoms with E-state index < -0.39 is 0 Å². The average molecular weight is 333 g/mol. The van der Waals surface area contributed by atoms with Crippen molar-refractivity contribution >= 4 is 29.8 Å². The maximum Gasteiger partial charge on any atom is 0.271 e. The molecule has 0 aliphatic carbocycles. The van der Waals surface area contributed by atoms with Crippen molar-refractivity contribution in [1.29, 1.82) is 0 Å². The second-order valence-electron chi connectivity index (χ2n) is 5.69. The molecule has 1 aliphatic rings. The lowest BCUT2D eigenvalue weighted by Gasteiger charge is -2.16. The molecule has 126 valence electrons. The van der Waals surface area contributed by atoms with Gasteiger partial charge in [-0.2, -0.15) is 5.10 Å². The largest absolute Gasteiger partial charge is 0.312 e. The predicted octanol–water partition coefficient (Wildman–Crippen LogP) is 3.24. The Bertz CT molecular complexity index is 813. The van der Waals surface area contributed by atoms with E-state index in [2.05, 4.69) is 10.5 Å². The fourth-order valence-electron chi connectivity index (χ4n) is 2.66. The number of hydrazone groups is 1. The Morgan fingerprint density at radius 1 is 1.12 bits per heavy atom. The molecule has 0 radical (unpaired) electrons. The fourth-order valence-corrected chi connectivity index (χ4v) is 2.66. The van der Waals surface area contributed by atoms with Gasteiger partial charge in [-0.3, -0.25) is 9.59 Å². The highest BCUT2D eigenvalue weighted by molar-refractivity contribution is 5.99. The maximum absolute atomic E-state index is 12.2. The number of hydrogen-bond donors (Lipinski definition) is 1. The Hall–Kier alpha value is -3.21. The van der Waals surface area contributed by atoms with Crippen LogP contribution in [0.15, 0.2) is 65.8 Å². The van der Waals surface area contributed by atoms with Gasteiger partial charge < -0.3 is 4.90 Å². The number of allylic oxidation sites excluding steroid dienone is 1. The number of anilines is 1. The van der Waals surface area contributed by atoms with Crippen LogP contribution in [-0.4, -0.2) is 24.6 Å². The first-order valence-electron chi connectivity index (χ1n) is 8.19. The molecular formula is C20H19N3O2. The van der Waals surface area contributed by atoms with Crippen LogP contribution in [-0.2, 0) is 4.79 Å². The number of hydrogen-bond acceptors (Lipinski definition) is 3. The summed E-state index contributed by atoms with van der Waals surface area (Å²) in [7, 11) is 0. The molecule has 3 rings (SSSR count). The second-order valence-corrected chi connectivity index (χ2v) is 5.69. The fraction of sp³-hybridized carbons (Fsp3) is 0.150. The average Bonchev–Trinajstić information content (AvgIpc) is 3.08. The topological polar surface area (TPSA) is 61.8 Å². The number of benzene rings is 2. The van der Waals surface area contributed by atoms with Crippen LogP contribution in [0.2, 0.25) is 0 Å². The number of amides is 2. The van der Waals surface area contributed by atoms with Gasteiger partial charge in [-0.1, -0.05) is 42.5 Å². The van der Waals surface area contributed by atoms with E-state index in [9.17, 15) is 9.59 Å². The van der Waals surface area contributed by atoms with E-state index >= 15 is 0 Å². The molecule has 2 amide bonds. The van der Waals surface area contributed by atoms with E-state index in [1.54, 1.807) is 29.2 Å². The SMILES string of the molecule is O=C(N/N=C\C=C\c1ccccc1)c1cccc(N2CCCC2=O)c1. The molecule has 2 aromatic rings. The molecule has 1 heterocycles. The molecule has 0 bridgehead atoms. The van der Waals surface area contributed by atoms with E-state index in [-0.39, 0.29) is 11.8 Å². The highest BCUT2D eigenvalue weighted by Gasteiger charge is 2.22. The molecule has 1 saturated heterocycles. The van der Waals surface area contributed by atoms with Crippen molar-refractivity contribution in [3.05, 3.63) is 71.8 Å². The molecule has 1 N–H and O–H groups in total. The molecule has 0 spiro atoms. The van der Waals surface area contributed by atoms with Crippen molar-refractivity contribution in [2.45, 2.75) is 12.8 Å². The maximum atomic E-state index is 12.2. The standard InChI is InChI=1S/C20H19N3O2/c24-19-12-6-14-23(19)18-11-4-10-17(15-18)20(25)22-21-13-5-9-16-7-2-1-3-8-16/h1-5,7-11,13,15H,6,12,14H2,(H,22,25)/b9-5+,21-13-. The zero-order chi connectivity index (χ0) is 17.5. The van der Waals surface area contributed by atoms with Gasteiger partial charge in [-0.05, 0) is 36.3 Å². The van der Waals surface area contributed by atoms with Crippen LogP contribution < -0.4 is 10.3 Å². The van der Waals surface area contributed by atoms with Crippen LogP contribution >= 0.6 is 0 Å². The lowest BCUT2D eigenvalue weighted by atomic mass is 10.2. The molecule has 1 fully saturated rings. The van der Waals surface area contributed by atoms with E-state index in [0.717, 1.165) is 17.7 Å². The summed E-state index contributed by atoms with van der Waals surface area (Å²) in [6.07, 6.45) is 6.60. The lowest BCUT2D eigenvalue weighted by Crippen LogP contribution is -2.24. The van der Waals surface area contributed by atoms with E-state index in [1.807, 2.05) is 42.5 Å². The first-order chi connectivity index (χ1) is 12.2. The highest BCUT2D eigenvalue weighted by atomic mass is 16.2. The number of carbonyl (C=O) groups is 2. The molecule has 0 unspecified atom stereocenters. The third-order valence-electron chi connectivity index (χ3n) is 3.91. The van der Waals surface area contributed by atoms with Gasteiger partial charge in [-0.15, -0.1) is 0 Å². The molecule has 5 heteroatoms. The molecule has 2 aromatic carbocycles. The number of nitrogens with zero attached hydrogens (tertiary/aromatic N) is 2. The van der Waals surface area contributed by atoms with Crippen LogP contribution in [0.1, 0.15) is 28.8 Å². The summed E-state index contributed by atoms with van der Waals surface area (Å²) in [5.41, 5.74) is 4.78. The monoisotopic (exact) mass is 333 g/mol. The Morgan fingerprint density at radius 2 is 1.96 bits per heavy atom. The van der Waals surface area contributed by atoms with E-state index in [0.29, 0.717) is 18.5 Å². The highest BCUT2D eigenvalue weighted by Crippen LogP contribution is 2.22. The Morgan fingerprint density at radius 3 is 2.72 bits per heavy atom. The Labute approximate surface area is 146 Å². The summed E-state index contributed by atoms with van der Waals surface area (Å²) >= 11 is 0. The number of nitrogens with one attached hydrogen (secondary N) is 1. The van der Waals surface area contributed by atoms with Crippen molar-refractivity contribution in [2.75, 3.05) is 11.4 Å². The zero-order valence-corrected chi connectivity index (χ0v) is 13.8. The van der Waals surface area contributed by atoms with Gasteiger partial charge in [0.25, 0.3) is 5.91 Å². The van der Waals surface area contributed by atoms with Crippen LogP contribution in [0.5, 0.6) is 0 Å². The smallest absolute Gasteiger partial charge is 0.271 e. The third kappa shape index (κ3) is 4.41. The van der Waals surface area contributed by atoms with Gasteiger partial charge in [0.05, 0.1) is 0 Å². The zero-order valence-electron chi connectivity index (χ0n) is 13.8. The minimum Gasteiger partial charge on any atom is -0.312 e. The van der Waals surface area contributed by atoms with Gasteiger partial charge >= 0.3 is 0 Å². The summed E-state index contributed by atoms with van der Waals surface area (Å²) in [6.45, 7) is 0.701. The van der Waals surface area contributed by atoms with Gasteiger partial charge in [0, 0.05) is 30.4 Å². The first kappa shape index (κ1) is 16.6. The van der Waals surface area contributed by atoms with Crippen LogP contribution in [0.3, 0.4) is 0 Å². The second kappa shape index (κ2) is 8.06. The minimum atomic E-state index is -0.308. The molecule has 1 aliphatic heterocycles. The lowest BCUT2D eigenvalue weighted by molar-refractivity contribution is -0.117. The van der Waals surface area contributed by atoms with Crippen LogP contribution in [0, 0.1) is 0 Å². The van der Waals surface area contributed by atoms with Crippen LogP contribution in [0.4, 0.5) is 5.69 Å². The van der Waals surface area contributed by atoms with Gasteiger partial charge in [0.1, 0.15) is 0 Å². The van der Waals surface area contributed by atoms with Crippen molar-refractivity contribution in [3.8, 4) is 0 Å². The van der Waals surface area contributed by atoms with E-state index in [4.69, 9.17) is 0 Å². The summed E-state index contributed by atoms with van der Waals surface area (Å²) < 4.78 is 0. The number of rotatable bonds is 5. The molecule has 0 aromatic heterocycles. The molecular weight excluding hydrogens is 314 g/mol. The number of carbonyl (C=O) groups excluding carboxylic acids is 2. The van der Waals surface area contributed by atoms with Crippen molar-refractivity contribution in [2.24, 2.45) is 5.10 Å². The van der Waals surface area contributed by atoms with E-state index in [1.165, 1.54) is 6.21 Å². The molecule has 25 heavy (non-hydrogen) atoms. The predicted molar refractivity (Wildman–Crippen MR) is 99.5 cm³/mol. The molecule has 0 atom stereocenters. The summed E-state index contributed by atoms with van der Waals surface area (Å²) in [4.78, 5) is 25.7. The first-order valence-corrected chi connectivity index (χ1v) is 8.19. The quantitative estimate of drug-likeness (QED) is 0.674. The third-order valence-corrected chi connectivity index (χ3v) is 3.91. The van der Waals surface area contributed by atoms with Gasteiger partial charge in [0.2, 0.25) is 5.91 Å². The Kier molecular flexibility index (Phi) is 5.36. The summed E-state index contributed by atoms with van der Waals surface area (Å²) in [5.74, 6) is -0.209. The summed E-state index contributed by atoms with van der Waals surface area (Å²) in [5, 5.41) is 3.91. The van der Waals surface area contributed by atoms with Crippen LogP contribution in [0.25, 0.3) is 6.08 Å². The van der Waals surface area contributed by atoms with Crippen molar-refractivity contribution in [3.63, 3.8) is 0 Å². The van der Waals surface area contributed by atoms with Gasteiger partial charge in [-0.25, -0.2) is 5.43 Å². The van der Waals surface area contributed by atoms with Crippen molar-refractivity contribution < 1.29 is 9.59 Å².